The molecule has 120 valence electrons. The highest BCUT2D eigenvalue weighted by Crippen LogP contribution is 2.35. The van der Waals surface area contributed by atoms with Crippen LogP contribution in [0.1, 0.15) is 26.7 Å². The van der Waals surface area contributed by atoms with E-state index >= 15 is 0 Å². The zero-order valence-corrected chi connectivity index (χ0v) is 15.3. The molecule has 1 rings (SSSR count). The van der Waals surface area contributed by atoms with Crippen LogP contribution in [-0.4, -0.2) is 32.8 Å². The van der Waals surface area contributed by atoms with Gasteiger partial charge in [0.1, 0.15) is 4.90 Å². The molecule has 0 saturated carbocycles. The van der Waals surface area contributed by atoms with Crippen LogP contribution in [-0.2, 0) is 10.0 Å². The molecular weight excluding hydrogens is 382 g/mol. The van der Waals surface area contributed by atoms with Crippen LogP contribution >= 0.6 is 27.5 Å². The van der Waals surface area contributed by atoms with Gasteiger partial charge in [0.2, 0.25) is 10.0 Å². The van der Waals surface area contributed by atoms with Crippen LogP contribution in [0, 0.1) is 0 Å². The standard InChI is InChI=1S/C13H19BrClNO4S/c1-4-5-13(2,17)8-16-21(18,19)11-7-9(15)6-10(14)12(11)20-3/h6-7,16-17H,4-5,8H2,1-3H3. The highest BCUT2D eigenvalue weighted by Gasteiger charge is 2.26. The second kappa shape index (κ2) is 7.28. The van der Waals surface area contributed by atoms with E-state index in [1.807, 2.05) is 6.92 Å². The van der Waals surface area contributed by atoms with Crippen molar-refractivity contribution in [1.29, 1.82) is 0 Å². The maximum atomic E-state index is 12.4. The summed E-state index contributed by atoms with van der Waals surface area (Å²) >= 11 is 9.11. The summed E-state index contributed by atoms with van der Waals surface area (Å²) in [4.78, 5) is -0.0725. The summed E-state index contributed by atoms with van der Waals surface area (Å²) in [5, 5.41) is 10.3. The van der Waals surface area contributed by atoms with Crippen molar-refractivity contribution in [2.75, 3.05) is 13.7 Å². The van der Waals surface area contributed by atoms with E-state index in [-0.39, 0.29) is 22.2 Å². The number of rotatable bonds is 7. The fourth-order valence-corrected chi connectivity index (χ4v) is 4.43. The van der Waals surface area contributed by atoms with E-state index in [0.29, 0.717) is 10.9 Å². The van der Waals surface area contributed by atoms with Crippen molar-refractivity contribution in [1.82, 2.24) is 4.72 Å². The fourth-order valence-electron chi connectivity index (χ4n) is 1.89. The van der Waals surface area contributed by atoms with Gasteiger partial charge >= 0.3 is 0 Å². The molecule has 0 radical (unpaired) electrons. The average Bonchev–Trinajstić information content (AvgIpc) is 2.36. The normalized spacial score (nSPS) is 14.8. The Kier molecular flexibility index (Phi) is 6.49. The van der Waals surface area contributed by atoms with Gasteiger partial charge in [-0.25, -0.2) is 13.1 Å². The number of halogens is 2. The first-order valence-electron chi connectivity index (χ1n) is 6.38. The summed E-state index contributed by atoms with van der Waals surface area (Å²) in [5.41, 5.74) is -1.11. The van der Waals surface area contributed by atoms with Crippen LogP contribution in [0.3, 0.4) is 0 Å². The first-order chi connectivity index (χ1) is 9.63. The van der Waals surface area contributed by atoms with E-state index in [1.165, 1.54) is 13.2 Å². The Bertz CT molecular complexity index is 604. The quantitative estimate of drug-likeness (QED) is 0.738. The summed E-state index contributed by atoms with van der Waals surface area (Å²) in [6, 6.07) is 2.86. The van der Waals surface area contributed by atoms with Gasteiger partial charge in [-0.05, 0) is 41.4 Å². The van der Waals surface area contributed by atoms with Crippen LogP contribution in [0.2, 0.25) is 5.02 Å². The van der Waals surface area contributed by atoms with Crippen molar-refractivity contribution in [2.24, 2.45) is 0 Å². The van der Waals surface area contributed by atoms with E-state index in [2.05, 4.69) is 20.7 Å². The van der Waals surface area contributed by atoms with Crippen LogP contribution in [0.5, 0.6) is 5.75 Å². The van der Waals surface area contributed by atoms with E-state index < -0.39 is 15.6 Å². The Morgan fingerprint density at radius 3 is 2.62 bits per heavy atom. The minimum Gasteiger partial charge on any atom is -0.494 e. The molecule has 21 heavy (non-hydrogen) atoms. The van der Waals surface area contributed by atoms with Crippen molar-refractivity contribution in [3.63, 3.8) is 0 Å². The van der Waals surface area contributed by atoms with Crippen LogP contribution < -0.4 is 9.46 Å². The van der Waals surface area contributed by atoms with Crippen LogP contribution in [0.4, 0.5) is 0 Å². The molecule has 1 aromatic rings. The number of hydrogen-bond donors (Lipinski definition) is 2. The summed E-state index contributed by atoms with van der Waals surface area (Å²) in [7, 11) is -2.47. The number of nitrogens with one attached hydrogen (secondary N) is 1. The third kappa shape index (κ3) is 5.10. The Morgan fingerprint density at radius 2 is 2.10 bits per heavy atom. The van der Waals surface area contributed by atoms with E-state index in [1.54, 1.807) is 13.0 Å². The minimum atomic E-state index is -3.85. The number of hydrogen-bond acceptors (Lipinski definition) is 4. The molecule has 0 fully saturated rings. The van der Waals surface area contributed by atoms with Crippen molar-refractivity contribution in [2.45, 2.75) is 37.2 Å². The van der Waals surface area contributed by atoms with Gasteiger partial charge in [-0.2, -0.15) is 0 Å². The topological polar surface area (TPSA) is 75.6 Å². The predicted molar refractivity (Wildman–Crippen MR) is 86.4 cm³/mol. The maximum absolute atomic E-state index is 12.4. The minimum absolute atomic E-state index is 0.0725. The van der Waals surface area contributed by atoms with Crippen molar-refractivity contribution in [3.8, 4) is 5.75 Å². The van der Waals surface area contributed by atoms with Crippen LogP contribution in [0.25, 0.3) is 0 Å². The second-order valence-electron chi connectivity index (χ2n) is 4.99. The number of sulfonamides is 1. The van der Waals surface area contributed by atoms with Gasteiger partial charge in [0.15, 0.2) is 5.75 Å². The molecule has 0 aliphatic heterocycles. The van der Waals surface area contributed by atoms with Gasteiger partial charge < -0.3 is 9.84 Å². The maximum Gasteiger partial charge on any atom is 0.244 e. The predicted octanol–water partition coefficient (Wildman–Crippen LogP) is 2.94. The van der Waals surface area contributed by atoms with Crippen molar-refractivity contribution < 1.29 is 18.3 Å². The third-order valence-corrected chi connectivity index (χ3v) is 5.11. The lowest BCUT2D eigenvalue weighted by molar-refractivity contribution is 0.0554. The third-order valence-electron chi connectivity index (χ3n) is 2.90. The molecule has 2 N–H and O–H groups in total. The molecule has 0 spiro atoms. The number of benzene rings is 1. The summed E-state index contributed by atoms with van der Waals surface area (Å²) in [6.45, 7) is 3.42. The van der Waals surface area contributed by atoms with E-state index in [9.17, 15) is 13.5 Å². The Morgan fingerprint density at radius 1 is 1.48 bits per heavy atom. The Hall–Kier alpha value is -0.340. The number of aliphatic hydroxyl groups is 1. The lowest BCUT2D eigenvalue weighted by atomic mass is 10.0. The van der Waals surface area contributed by atoms with Gasteiger partial charge in [-0.15, -0.1) is 0 Å². The molecular formula is C13H19BrClNO4S. The molecule has 8 heteroatoms. The molecule has 0 bridgehead atoms. The molecule has 0 aromatic heterocycles. The first kappa shape index (κ1) is 18.7. The summed E-state index contributed by atoms with van der Waals surface area (Å²) in [6.07, 6.45) is 1.24. The van der Waals surface area contributed by atoms with Crippen molar-refractivity contribution in [3.05, 3.63) is 21.6 Å². The van der Waals surface area contributed by atoms with E-state index in [4.69, 9.17) is 16.3 Å². The highest BCUT2D eigenvalue weighted by atomic mass is 79.9. The summed E-state index contributed by atoms with van der Waals surface area (Å²) in [5.74, 6) is 0.169. The Labute approximate surface area is 138 Å². The lowest BCUT2D eigenvalue weighted by Crippen LogP contribution is -2.40. The second-order valence-corrected chi connectivity index (χ2v) is 8.02. The zero-order chi connectivity index (χ0) is 16.3. The fraction of sp³-hybridized carbons (Fsp3) is 0.538. The van der Waals surface area contributed by atoms with E-state index in [0.717, 1.165) is 6.42 Å². The van der Waals surface area contributed by atoms with Gasteiger partial charge in [0.05, 0.1) is 17.2 Å². The highest BCUT2D eigenvalue weighted by molar-refractivity contribution is 9.10. The molecule has 0 saturated heterocycles. The van der Waals surface area contributed by atoms with Gasteiger partial charge in [0, 0.05) is 11.6 Å². The lowest BCUT2D eigenvalue weighted by Gasteiger charge is -2.23. The molecule has 0 aliphatic rings. The van der Waals surface area contributed by atoms with Crippen molar-refractivity contribution >= 4 is 37.6 Å². The van der Waals surface area contributed by atoms with Gasteiger partial charge in [0.25, 0.3) is 0 Å². The number of ether oxygens (including phenoxy) is 1. The van der Waals surface area contributed by atoms with Crippen LogP contribution in [0.15, 0.2) is 21.5 Å². The Balaban J connectivity index is 3.09. The molecule has 5 nitrogen and oxygen atoms in total. The monoisotopic (exact) mass is 399 g/mol. The molecule has 1 unspecified atom stereocenters. The molecule has 1 aromatic carbocycles. The molecule has 1 atom stereocenters. The summed E-state index contributed by atoms with van der Waals surface area (Å²) < 4.78 is 32.7. The zero-order valence-electron chi connectivity index (χ0n) is 12.1. The molecule has 0 heterocycles. The molecule has 0 aliphatic carbocycles. The van der Waals surface area contributed by atoms with Gasteiger partial charge in [-0.1, -0.05) is 24.9 Å². The average molecular weight is 401 g/mol. The smallest absolute Gasteiger partial charge is 0.244 e. The molecule has 0 amide bonds. The van der Waals surface area contributed by atoms with Gasteiger partial charge in [-0.3, -0.25) is 0 Å². The SMILES string of the molecule is CCCC(C)(O)CNS(=O)(=O)c1cc(Cl)cc(Br)c1OC. The number of methoxy groups -OCH3 is 1. The first-order valence-corrected chi connectivity index (χ1v) is 9.03. The largest absolute Gasteiger partial charge is 0.494 e.